The van der Waals surface area contributed by atoms with E-state index in [1.165, 1.54) is 0 Å². The van der Waals surface area contributed by atoms with Crippen molar-refractivity contribution in [3.8, 4) is 0 Å². The minimum absolute atomic E-state index is 0.141. The van der Waals surface area contributed by atoms with Gasteiger partial charge in [0.25, 0.3) is 0 Å². The third-order valence-electron chi connectivity index (χ3n) is 3.65. The Bertz CT molecular complexity index is 447. The van der Waals surface area contributed by atoms with E-state index in [1.54, 1.807) is 13.8 Å². The van der Waals surface area contributed by atoms with Crippen molar-refractivity contribution in [2.45, 2.75) is 39.2 Å². The summed E-state index contributed by atoms with van der Waals surface area (Å²) < 4.78 is 0. The van der Waals surface area contributed by atoms with Crippen LogP contribution < -0.4 is 0 Å². The molecule has 1 aromatic carbocycles. The summed E-state index contributed by atoms with van der Waals surface area (Å²) >= 11 is 0. The Morgan fingerprint density at radius 3 is 2.38 bits per heavy atom. The van der Waals surface area contributed by atoms with Crippen molar-refractivity contribution in [2.24, 2.45) is 11.8 Å². The highest BCUT2D eigenvalue weighted by Crippen LogP contribution is 2.23. The van der Waals surface area contributed by atoms with E-state index in [9.17, 15) is 19.9 Å². The number of aliphatic carboxylic acids is 1. The second kappa shape index (κ2) is 8.42. The van der Waals surface area contributed by atoms with Gasteiger partial charge < -0.3 is 5.11 Å². The SMILES string of the molecule is CC(C)[C@@H]([C@@H](CCCc1ccccc1)C(=O)O)N(O)C=O. The lowest BCUT2D eigenvalue weighted by Crippen LogP contribution is -2.44. The number of carbonyl (C=O) groups is 2. The van der Waals surface area contributed by atoms with Gasteiger partial charge in [-0.05, 0) is 30.7 Å². The number of rotatable bonds is 9. The zero-order chi connectivity index (χ0) is 15.8. The van der Waals surface area contributed by atoms with Gasteiger partial charge in [0.15, 0.2) is 0 Å². The number of carboxylic acids is 1. The molecule has 2 N–H and O–H groups in total. The van der Waals surface area contributed by atoms with Gasteiger partial charge in [0, 0.05) is 0 Å². The Kier molecular flexibility index (Phi) is 6.88. The molecule has 0 aliphatic heterocycles. The number of hydroxylamine groups is 2. The van der Waals surface area contributed by atoms with E-state index in [4.69, 9.17) is 0 Å². The summed E-state index contributed by atoms with van der Waals surface area (Å²) in [6.45, 7) is 3.59. The Balaban J connectivity index is 2.68. The van der Waals surface area contributed by atoms with Crippen LogP contribution in [0.5, 0.6) is 0 Å². The average Bonchev–Trinajstić information content (AvgIpc) is 2.46. The zero-order valence-corrected chi connectivity index (χ0v) is 12.5. The van der Waals surface area contributed by atoms with E-state index < -0.39 is 17.9 Å². The van der Waals surface area contributed by atoms with Crippen LogP contribution in [-0.4, -0.2) is 33.8 Å². The van der Waals surface area contributed by atoms with Gasteiger partial charge in [-0.1, -0.05) is 44.2 Å². The number of hydrogen-bond donors (Lipinski definition) is 2. The Morgan fingerprint density at radius 1 is 1.29 bits per heavy atom. The minimum atomic E-state index is -0.984. The first-order valence-corrected chi connectivity index (χ1v) is 7.16. The summed E-state index contributed by atoms with van der Waals surface area (Å²) in [7, 11) is 0. The molecule has 0 fully saturated rings. The number of carboxylic acid groups (broad SMARTS) is 1. The maximum absolute atomic E-state index is 11.5. The second-order valence-electron chi connectivity index (χ2n) is 5.54. The predicted octanol–water partition coefficient (Wildman–Crippen LogP) is 2.58. The van der Waals surface area contributed by atoms with Crippen LogP contribution in [0.2, 0.25) is 0 Å². The fraction of sp³-hybridized carbons (Fsp3) is 0.500. The first-order chi connectivity index (χ1) is 9.97. The quantitative estimate of drug-likeness (QED) is 0.417. The Hall–Kier alpha value is -1.88. The Morgan fingerprint density at radius 2 is 1.90 bits per heavy atom. The molecule has 0 spiro atoms. The lowest BCUT2D eigenvalue weighted by atomic mass is 9.86. The number of nitrogens with zero attached hydrogens (tertiary/aromatic N) is 1. The van der Waals surface area contributed by atoms with Crippen LogP contribution in [0.15, 0.2) is 30.3 Å². The van der Waals surface area contributed by atoms with Crippen molar-refractivity contribution < 1.29 is 19.9 Å². The van der Waals surface area contributed by atoms with Crippen LogP contribution in [-0.2, 0) is 16.0 Å². The molecule has 0 unspecified atom stereocenters. The second-order valence-corrected chi connectivity index (χ2v) is 5.54. The molecule has 0 heterocycles. The Labute approximate surface area is 125 Å². The molecule has 0 aliphatic rings. The molecule has 5 heteroatoms. The van der Waals surface area contributed by atoms with Gasteiger partial charge >= 0.3 is 5.97 Å². The van der Waals surface area contributed by atoms with Gasteiger partial charge in [0.05, 0.1) is 12.0 Å². The predicted molar refractivity (Wildman–Crippen MR) is 78.8 cm³/mol. The standard InChI is InChI=1S/C16H23NO4/c1-12(2)15(17(21)11-18)14(16(19)20)10-6-9-13-7-4-3-5-8-13/h3-5,7-8,11-12,14-15,21H,6,9-10H2,1-2H3,(H,19,20)/t14-,15+/m1/s1. The van der Waals surface area contributed by atoms with Crippen molar-refractivity contribution in [1.82, 2.24) is 5.06 Å². The molecule has 21 heavy (non-hydrogen) atoms. The zero-order valence-electron chi connectivity index (χ0n) is 12.5. The first kappa shape index (κ1) is 17.2. The van der Waals surface area contributed by atoms with Crippen LogP contribution in [0.1, 0.15) is 32.3 Å². The van der Waals surface area contributed by atoms with E-state index in [0.29, 0.717) is 17.9 Å². The minimum Gasteiger partial charge on any atom is -0.481 e. The molecule has 0 aromatic heterocycles. The van der Waals surface area contributed by atoms with Gasteiger partial charge in [-0.2, -0.15) is 0 Å². The van der Waals surface area contributed by atoms with E-state index in [-0.39, 0.29) is 12.3 Å². The number of benzene rings is 1. The van der Waals surface area contributed by atoms with E-state index >= 15 is 0 Å². The molecule has 0 radical (unpaired) electrons. The molecule has 0 bridgehead atoms. The van der Waals surface area contributed by atoms with Crippen LogP contribution in [0.25, 0.3) is 0 Å². The van der Waals surface area contributed by atoms with Gasteiger partial charge in [-0.15, -0.1) is 0 Å². The monoisotopic (exact) mass is 293 g/mol. The van der Waals surface area contributed by atoms with E-state index in [0.717, 1.165) is 12.0 Å². The van der Waals surface area contributed by atoms with Gasteiger partial charge in [0.2, 0.25) is 6.41 Å². The normalized spacial score (nSPS) is 13.7. The fourth-order valence-corrected chi connectivity index (χ4v) is 2.64. The van der Waals surface area contributed by atoms with E-state index in [1.807, 2.05) is 30.3 Å². The number of carbonyl (C=O) groups excluding carboxylic acids is 1. The summed E-state index contributed by atoms with van der Waals surface area (Å²) in [5.74, 6) is -1.90. The number of amides is 1. The maximum Gasteiger partial charge on any atom is 0.308 e. The van der Waals surface area contributed by atoms with Crippen LogP contribution in [0.3, 0.4) is 0 Å². The van der Waals surface area contributed by atoms with Gasteiger partial charge in [-0.25, -0.2) is 5.06 Å². The van der Waals surface area contributed by atoms with Crippen LogP contribution in [0, 0.1) is 11.8 Å². The van der Waals surface area contributed by atoms with Crippen LogP contribution in [0.4, 0.5) is 0 Å². The average molecular weight is 293 g/mol. The molecule has 0 saturated heterocycles. The van der Waals surface area contributed by atoms with E-state index in [2.05, 4.69) is 0 Å². The first-order valence-electron chi connectivity index (χ1n) is 7.16. The molecule has 1 rings (SSSR count). The number of aryl methyl sites for hydroxylation is 1. The number of hydrogen-bond acceptors (Lipinski definition) is 3. The third kappa shape index (κ3) is 5.19. The van der Waals surface area contributed by atoms with Crippen molar-refractivity contribution in [2.75, 3.05) is 0 Å². The molecular formula is C16H23NO4. The third-order valence-corrected chi connectivity index (χ3v) is 3.65. The lowest BCUT2D eigenvalue weighted by Gasteiger charge is -2.31. The molecule has 116 valence electrons. The van der Waals surface area contributed by atoms with Crippen molar-refractivity contribution in [3.05, 3.63) is 35.9 Å². The summed E-state index contributed by atoms with van der Waals surface area (Å²) in [5, 5.41) is 19.5. The molecule has 5 nitrogen and oxygen atoms in total. The molecule has 0 aliphatic carbocycles. The summed E-state index contributed by atoms with van der Waals surface area (Å²) in [4.78, 5) is 22.2. The molecular weight excluding hydrogens is 270 g/mol. The molecule has 2 atom stereocenters. The lowest BCUT2D eigenvalue weighted by molar-refractivity contribution is -0.177. The molecule has 1 aromatic rings. The molecule has 1 amide bonds. The molecule has 0 saturated carbocycles. The summed E-state index contributed by atoms with van der Waals surface area (Å²) in [6, 6.07) is 9.12. The summed E-state index contributed by atoms with van der Waals surface area (Å²) in [6.07, 6.45) is 2.16. The van der Waals surface area contributed by atoms with Crippen molar-refractivity contribution >= 4 is 12.4 Å². The van der Waals surface area contributed by atoms with Crippen molar-refractivity contribution in [1.29, 1.82) is 0 Å². The topological polar surface area (TPSA) is 77.8 Å². The maximum atomic E-state index is 11.5. The van der Waals surface area contributed by atoms with Gasteiger partial charge in [0.1, 0.15) is 0 Å². The smallest absolute Gasteiger partial charge is 0.308 e. The largest absolute Gasteiger partial charge is 0.481 e. The summed E-state index contributed by atoms with van der Waals surface area (Å²) in [5.41, 5.74) is 1.15. The van der Waals surface area contributed by atoms with Crippen molar-refractivity contribution in [3.63, 3.8) is 0 Å². The van der Waals surface area contributed by atoms with Gasteiger partial charge in [-0.3, -0.25) is 14.8 Å². The highest BCUT2D eigenvalue weighted by Gasteiger charge is 2.34. The van der Waals surface area contributed by atoms with Crippen LogP contribution >= 0.6 is 0 Å². The highest BCUT2D eigenvalue weighted by molar-refractivity contribution is 5.71. The fourth-order valence-electron chi connectivity index (χ4n) is 2.64. The highest BCUT2D eigenvalue weighted by atomic mass is 16.5.